The van der Waals surface area contributed by atoms with Crippen LogP contribution in [0.5, 0.6) is 0 Å². The molecule has 6 nitrogen and oxygen atoms in total. The quantitative estimate of drug-likeness (QED) is 0.660. The molecular weight excluding hydrogens is 292 g/mol. The normalized spacial score (nSPS) is 21.7. The number of piperazine rings is 1. The Labute approximate surface area is 137 Å². The largest absolute Gasteiger partial charge is 0.469 e. The second kappa shape index (κ2) is 7.53. The Morgan fingerprint density at radius 3 is 3.17 bits per heavy atom. The van der Waals surface area contributed by atoms with Crippen molar-refractivity contribution in [2.75, 3.05) is 32.7 Å². The standard InChI is InChI=1S/C17H26N4O2/c1-2-8-18-17(19-9-7-15-4-3-12-23-15)20-10-11-21-14(13-20)5-6-16(21)22/h3-4,12,14H,2,5-11,13H2,1H3,(H,18,19). The summed E-state index contributed by atoms with van der Waals surface area (Å²) in [4.78, 5) is 20.9. The molecule has 2 fully saturated rings. The first kappa shape index (κ1) is 15.9. The number of carbonyl (C=O) groups excluding carboxylic acids is 1. The van der Waals surface area contributed by atoms with Crippen LogP contribution in [0, 0.1) is 0 Å². The zero-order valence-electron chi connectivity index (χ0n) is 13.8. The lowest BCUT2D eigenvalue weighted by Gasteiger charge is -2.39. The molecule has 0 aromatic carbocycles. The molecule has 2 saturated heterocycles. The lowest BCUT2D eigenvalue weighted by molar-refractivity contribution is -0.130. The van der Waals surface area contributed by atoms with Crippen LogP contribution < -0.4 is 5.32 Å². The van der Waals surface area contributed by atoms with Crippen molar-refractivity contribution in [2.45, 2.75) is 38.6 Å². The Kier molecular flexibility index (Phi) is 5.20. The number of aliphatic imine (C=N–C) groups is 1. The van der Waals surface area contributed by atoms with Gasteiger partial charge in [0.25, 0.3) is 0 Å². The van der Waals surface area contributed by atoms with Crippen LogP contribution in [0.15, 0.2) is 27.8 Å². The highest BCUT2D eigenvalue weighted by Crippen LogP contribution is 2.22. The topological polar surface area (TPSA) is 61.1 Å². The van der Waals surface area contributed by atoms with Crippen molar-refractivity contribution in [1.82, 2.24) is 15.1 Å². The molecule has 1 aromatic heterocycles. The van der Waals surface area contributed by atoms with E-state index in [-0.39, 0.29) is 0 Å². The van der Waals surface area contributed by atoms with E-state index in [1.807, 2.05) is 17.0 Å². The first-order valence-electron chi connectivity index (χ1n) is 8.63. The molecule has 0 bridgehead atoms. The summed E-state index contributed by atoms with van der Waals surface area (Å²) < 4.78 is 5.37. The summed E-state index contributed by atoms with van der Waals surface area (Å²) in [6.07, 6.45) is 5.26. The molecule has 0 radical (unpaired) electrons. The Bertz CT molecular complexity index is 541. The van der Waals surface area contributed by atoms with Crippen LogP contribution in [0.4, 0.5) is 0 Å². The number of hydrogen-bond donors (Lipinski definition) is 1. The van der Waals surface area contributed by atoms with Gasteiger partial charge in [-0.05, 0) is 25.0 Å². The number of furan rings is 1. The van der Waals surface area contributed by atoms with Crippen LogP contribution in [-0.2, 0) is 11.2 Å². The second-order valence-electron chi connectivity index (χ2n) is 6.19. The fourth-order valence-electron chi connectivity index (χ4n) is 3.29. The smallest absolute Gasteiger partial charge is 0.223 e. The summed E-state index contributed by atoms with van der Waals surface area (Å²) in [6, 6.07) is 4.26. The van der Waals surface area contributed by atoms with Crippen LogP contribution in [0.2, 0.25) is 0 Å². The minimum atomic E-state index is 0.312. The summed E-state index contributed by atoms with van der Waals surface area (Å²) >= 11 is 0. The minimum absolute atomic E-state index is 0.312. The molecule has 3 rings (SSSR count). The third kappa shape index (κ3) is 3.86. The van der Waals surface area contributed by atoms with Gasteiger partial charge in [0, 0.05) is 51.6 Å². The molecule has 6 heteroatoms. The van der Waals surface area contributed by atoms with Gasteiger partial charge < -0.3 is 19.5 Å². The summed E-state index contributed by atoms with van der Waals surface area (Å²) in [5, 5.41) is 3.47. The highest BCUT2D eigenvalue weighted by Gasteiger charge is 2.36. The number of nitrogens with one attached hydrogen (secondary N) is 1. The summed E-state index contributed by atoms with van der Waals surface area (Å²) in [5.41, 5.74) is 0. The Hall–Kier alpha value is -1.98. The van der Waals surface area contributed by atoms with Gasteiger partial charge in [0.1, 0.15) is 5.76 Å². The van der Waals surface area contributed by atoms with Gasteiger partial charge in [0.05, 0.1) is 6.26 Å². The van der Waals surface area contributed by atoms with Crippen molar-refractivity contribution in [2.24, 2.45) is 4.99 Å². The van der Waals surface area contributed by atoms with Crippen LogP contribution in [0.1, 0.15) is 31.9 Å². The molecule has 1 aromatic rings. The second-order valence-corrected chi connectivity index (χ2v) is 6.19. The fourth-order valence-corrected chi connectivity index (χ4v) is 3.29. The van der Waals surface area contributed by atoms with E-state index in [0.29, 0.717) is 18.4 Å². The zero-order chi connectivity index (χ0) is 16.1. The molecule has 0 aliphatic carbocycles. The number of carbonyl (C=O) groups is 1. The van der Waals surface area contributed by atoms with Gasteiger partial charge in [-0.25, -0.2) is 0 Å². The Morgan fingerprint density at radius 1 is 1.48 bits per heavy atom. The van der Waals surface area contributed by atoms with Crippen molar-refractivity contribution in [3.8, 4) is 0 Å². The van der Waals surface area contributed by atoms with E-state index in [1.54, 1.807) is 6.26 Å². The zero-order valence-corrected chi connectivity index (χ0v) is 13.8. The Morgan fingerprint density at radius 2 is 2.39 bits per heavy atom. The summed E-state index contributed by atoms with van der Waals surface area (Å²) in [7, 11) is 0. The molecule has 0 saturated carbocycles. The molecule has 1 N–H and O–H groups in total. The van der Waals surface area contributed by atoms with Crippen LogP contribution in [0.3, 0.4) is 0 Å². The van der Waals surface area contributed by atoms with Gasteiger partial charge in [0.2, 0.25) is 5.91 Å². The average Bonchev–Trinajstić information content (AvgIpc) is 3.21. The predicted octanol–water partition coefficient (Wildman–Crippen LogP) is 1.48. The molecule has 3 heterocycles. The highest BCUT2D eigenvalue weighted by atomic mass is 16.3. The van der Waals surface area contributed by atoms with Gasteiger partial charge in [0.15, 0.2) is 5.96 Å². The third-order valence-corrected chi connectivity index (χ3v) is 4.51. The van der Waals surface area contributed by atoms with E-state index in [1.165, 1.54) is 0 Å². The minimum Gasteiger partial charge on any atom is -0.469 e. The van der Waals surface area contributed by atoms with E-state index >= 15 is 0 Å². The monoisotopic (exact) mass is 318 g/mol. The third-order valence-electron chi connectivity index (χ3n) is 4.51. The molecule has 2 aliphatic heterocycles. The number of nitrogens with zero attached hydrogens (tertiary/aromatic N) is 3. The lowest BCUT2D eigenvalue weighted by Crippen LogP contribution is -2.56. The summed E-state index contributed by atoms with van der Waals surface area (Å²) in [6.45, 7) is 6.33. The number of guanidine groups is 1. The fraction of sp³-hybridized carbons (Fsp3) is 0.647. The molecule has 23 heavy (non-hydrogen) atoms. The van der Waals surface area contributed by atoms with E-state index in [9.17, 15) is 4.79 Å². The Balaban J connectivity index is 1.56. The SMILES string of the molecule is CCCN=C(NCCc1ccco1)N1CCN2C(=O)CCC2C1. The summed E-state index contributed by atoms with van der Waals surface area (Å²) in [5.74, 6) is 2.27. The van der Waals surface area contributed by atoms with E-state index in [2.05, 4.69) is 17.1 Å². The number of rotatable bonds is 5. The highest BCUT2D eigenvalue weighted by molar-refractivity contribution is 5.82. The van der Waals surface area contributed by atoms with Gasteiger partial charge in [-0.15, -0.1) is 0 Å². The first-order valence-corrected chi connectivity index (χ1v) is 8.63. The van der Waals surface area contributed by atoms with Gasteiger partial charge in [-0.2, -0.15) is 0 Å². The van der Waals surface area contributed by atoms with Crippen LogP contribution >= 0.6 is 0 Å². The van der Waals surface area contributed by atoms with Gasteiger partial charge in [-0.3, -0.25) is 9.79 Å². The average molecular weight is 318 g/mol. The van der Waals surface area contributed by atoms with Crippen molar-refractivity contribution in [1.29, 1.82) is 0 Å². The van der Waals surface area contributed by atoms with Crippen LogP contribution in [-0.4, -0.2) is 60.4 Å². The van der Waals surface area contributed by atoms with Crippen molar-refractivity contribution in [3.05, 3.63) is 24.2 Å². The van der Waals surface area contributed by atoms with Crippen molar-refractivity contribution in [3.63, 3.8) is 0 Å². The molecule has 126 valence electrons. The van der Waals surface area contributed by atoms with Gasteiger partial charge >= 0.3 is 0 Å². The van der Waals surface area contributed by atoms with E-state index in [4.69, 9.17) is 9.41 Å². The maximum atomic E-state index is 11.8. The maximum Gasteiger partial charge on any atom is 0.223 e. The maximum absolute atomic E-state index is 11.8. The van der Waals surface area contributed by atoms with Crippen molar-refractivity contribution >= 4 is 11.9 Å². The number of fused-ring (bicyclic) bond motifs is 1. The molecule has 2 aliphatic rings. The number of hydrogen-bond acceptors (Lipinski definition) is 3. The van der Waals surface area contributed by atoms with Crippen LogP contribution in [0.25, 0.3) is 0 Å². The van der Waals surface area contributed by atoms with E-state index in [0.717, 1.165) is 63.7 Å². The predicted molar refractivity (Wildman–Crippen MR) is 89.3 cm³/mol. The molecule has 1 unspecified atom stereocenters. The first-order chi connectivity index (χ1) is 11.3. The van der Waals surface area contributed by atoms with Crippen molar-refractivity contribution < 1.29 is 9.21 Å². The molecular formula is C17H26N4O2. The number of amides is 1. The van der Waals surface area contributed by atoms with E-state index < -0.39 is 0 Å². The molecule has 0 spiro atoms. The lowest BCUT2D eigenvalue weighted by atomic mass is 10.1. The molecule has 1 amide bonds. The van der Waals surface area contributed by atoms with Gasteiger partial charge in [-0.1, -0.05) is 6.92 Å². The molecule has 1 atom stereocenters.